The van der Waals surface area contributed by atoms with Crippen molar-refractivity contribution in [2.45, 2.75) is 17.6 Å². The molecule has 19 heavy (non-hydrogen) atoms. The summed E-state index contributed by atoms with van der Waals surface area (Å²) < 4.78 is 0.146. The van der Waals surface area contributed by atoms with Crippen molar-refractivity contribution >= 4 is 29.1 Å². The first-order valence-electron chi connectivity index (χ1n) is 5.78. The first-order valence-corrected chi connectivity index (χ1v) is 7.01. The van der Waals surface area contributed by atoms with Crippen LogP contribution in [0.1, 0.15) is 23.2 Å². The highest BCUT2D eigenvalue weighted by atomic mass is 32.2. The van der Waals surface area contributed by atoms with Gasteiger partial charge in [0.2, 0.25) is 0 Å². The number of carboxylic acid groups (broad SMARTS) is 1. The van der Waals surface area contributed by atoms with Crippen LogP contribution in [-0.2, 0) is 0 Å². The van der Waals surface area contributed by atoms with Gasteiger partial charge in [-0.1, -0.05) is 0 Å². The Hall–Kier alpha value is -1.76. The lowest BCUT2D eigenvalue weighted by Crippen LogP contribution is -2.18. The molecule has 7 heteroatoms. The number of nitrogens with zero attached hydrogens (tertiary/aromatic N) is 1. The van der Waals surface area contributed by atoms with Crippen molar-refractivity contribution in [2.75, 3.05) is 18.1 Å². The van der Waals surface area contributed by atoms with E-state index in [1.165, 1.54) is 18.2 Å². The van der Waals surface area contributed by atoms with Crippen molar-refractivity contribution in [2.24, 2.45) is 0 Å². The summed E-state index contributed by atoms with van der Waals surface area (Å²) in [6.45, 7) is 0.609. The minimum absolute atomic E-state index is 0.0436. The van der Waals surface area contributed by atoms with E-state index in [9.17, 15) is 14.9 Å². The van der Waals surface area contributed by atoms with Gasteiger partial charge >= 0.3 is 5.97 Å². The van der Waals surface area contributed by atoms with Gasteiger partial charge in [0, 0.05) is 17.4 Å². The number of benzene rings is 1. The van der Waals surface area contributed by atoms with Crippen molar-refractivity contribution in [1.82, 2.24) is 0 Å². The van der Waals surface area contributed by atoms with Crippen molar-refractivity contribution in [1.29, 1.82) is 0 Å². The normalized spacial score (nSPS) is 15.8. The molecule has 0 spiro atoms. The summed E-state index contributed by atoms with van der Waals surface area (Å²) in [6, 6.07) is 3.79. The largest absolute Gasteiger partial charge is 0.478 e. The molecule has 102 valence electrons. The second-order valence-electron chi connectivity index (χ2n) is 4.53. The molecule has 1 aromatic rings. The average Bonchev–Trinajstić information content (AvgIpc) is 3.16. The molecule has 0 aliphatic heterocycles. The van der Waals surface area contributed by atoms with E-state index in [1.54, 1.807) is 11.8 Å². The number of anilines is 1. The van der Waals surface area contributed by atoms with Gasteiger partial charge in [0.25, 0.3) is 5.69 Å². The molecule has 2 rings (SSSR count). The highest BCUT2D eigenvalue weighted by molar-refractivity contribution is 8.00. The first-order chi connectivity index (χ1) is 8.97. The maximum absolute atomic E-state index is 10.9. The quantitative estimate of drug-likeness (QED) is 0.615. The summed E-state index contributed by atoms with van der Waals surface area (Å²) >= 11 is 1.73. The number of carboxylic acids is 1. The highest BCUT2D eigenvalue weighted by Crippen LogP contribution is 2.47. The predicted molar refractivity (Wildman–Crippen MR) is 74.0 cm³/mol. The van der Waals surface area contributed by atoms with Gasteiger partial charge < -0.3 is 10.4 Å². The Morgan fingerprint density at radius 2 is 2.26 bits per heavy atom. The standard InChI is InChI=1S/C12H14N2O4S/c1-19-12(4-5-12)7-13-9-6-8(11(15)16)2-3-10(9)14(17)18/h2-3,6,13H,4-5,7H2,1H3,(H,15,16). The summed E-state index contributed by atoms with van der Waals surface area (Å²) in [4.78, 5) is 21.3. The Morgan fingerprint density at radius 3 is 2.74 bits per heavy atom. The lowest BCUT2D eigenvalue weighted by Gasteiger charge is -2.14. The minimum atomic E-state index is -1.09. The molecule has 0 radical (unpaired) electrons. The number of rotatable bonds is 6. The van der Waals surface area contributed by atoms with E-state index in [2.05, 4.69) is 5.32 Å². The van der Waals surface area contributed by atoms with Gasteiger partial charge in [-0.2, -0.15) is 11.8 Å². The second kappa shape index (κ2) is 5.08. The third-order valence-corrected chi connectivity index (χ3v) is 4.70. The number of aromatic carboxylic acids is 1. The lowest BCUT2D eigenvalue weighted by molar-refractivity contribution is -0.384. The Balaban J connectivity index is 2.22. The molecule has 1 fully saturated rings. The fourth-order valence-electron chi connectivity index (χ4n) is 1.82. The molecule has 0 bridgehead atoms. The fraction of sp³-hybridized carbons (Fsp3) is 0.417. The number of carbonyl (C=O) groups is 1. The molecule has 2 N–H and O–H groups in total. The van der Waals surface area contributed by atoms with Crippen molar-refractivity contribution < 1.29 is 14.8 Å². The lowest BCUT2D eigenvalue weighted by atomic mass is 10.1. The molecule has 0 saturated heterocycles. The van der Waals surface area contributed by atoms with Gasteiger partial charge in [0.05, 0.1) is 10.5 Å². The van der Waals surface area contributed by atoms with Crippen LogP contribution in [-0.4, -0.2) is 33.5 Å². The van der Waals surface area contributed by atoms with Gasteiger partial charge in [-0.25, -0.2) is 4.79 Å². The number of hydrogen-bond acceptors (Lipinski definition) is 5. The summed E-state index contributed by atoms with van der Waals surface area (Å²) in [5.41, 5.74) is 0.217. The molecule has 0 unspecified atom stereocenters. The van der Waals surface area contributed by atoms with Crippen LogP contribution in [0.4, 0.5) is 11.4 Å². The molecule has 0 atom stereocenters. The number of thioether (sulfide) groups is 1. The molecule has 1 aliphatic carbocycles. The van der Waals surface area contributed by atoms with E-state index in [-0.39, 0.29) is 21.7 Å². The number of nitro benzene ring substituents is 1. The Labute approximate surface area is 114 Å². The van der Waals surface area contributed by atoms with Gasteiger partial charge in [-0.15, -0.1) is 0 Å². The smallest absolute Gasteiger partial charge is 0.335 e. The molecule has 0 amide bonds. The first kappa shape index (κ1) is 13.7. The van der Waals surface area contributed by atoms with Crippen LogP contribution in [0.2, 0.25) is 0 Å². The van der Waals surface area contributed by atoms with Gasteiger partial charge in [-0.05, 0) is 31.2 Å². The van der Waals surface area contributed by atoms with Crippen LogP contribution in [0.25, 0.3) is 0 Å². The van der Waals surface area contributed by atoms with Crippen LogP contribution in [0.3, 0.4) is 0 Å². The topological polar surface area (TPSA) is 92.5 Å². The molecule has 0 heterocycles. The number of hydrogen-bond donors (Lipinski definition) is 2. The zero-order chi connectivity index (χ0) is 14.0. The second-order valence-corrected chi connectivity index (χ2v) is 5.81. The molecule has 1 aromatic carbocycles. The van der Waals surface area contributed by atoms with Crippen LogP contribution < -0.4 is 5.32 Å². The van der Waals surface area contributed by atoms with Crippen LogP contribution in [0.5, 0.6) is 0 Å². The molecule has 1 aliphatic rings. The maximum atomic E-state index is 10.9. The van der Waals surface area contributed by atoms with Crippen molar-refractivity contribution in [3.8, 4) is 0 Å². The van der Waals surface area contributed by atoms with E-state index in [0.717, 1.165) is 12.8 Å². The summed E-state index contributed by atoms with van der Waals surface area (Å²) in [5, 5.41) is 22.9. The van der Waals surface area contributed by atoms with Crippen LogP contribution in [0, 0.1) is 10.1 Å². The number of nitrogens with one attached hydrogen (secondary N) is 1. The summed E-state index contributed by atoms with van der Waals surface area (Å²) in [7, 11) is 0. The van der Waals surface area contributed by atoms with Crippen LogP contribution in [0.15, 0.2) is 18.2 Å². The third kappa shape index (κ3) is 2.98. The summed E-state index contributed by atoms with van der Waals surface area (Å²) in [5.74, 6) is -1.09. The van der Waals surface area contributed by atoms with Gasteiger partial charge in [0.15, 0.2) is 0 Å². The molecule has 1 saturated carbocycles. The van der Waals surface area contributed by atoms with E-state index in [4.69, 9.17) is 5.11 Å². The zero-order valence-corrected chi connectivity index (χ0v) is 11.2. The molecular weight excluding hydrogens is 268 g/mol. The van der Waals surface area contributed by atoms with Crippen molar-refractivity contribution in [3.63, 3.8) is 0 Å². The van der Waals surface area contributed by atoms with E-state index < -0.39 is 10.9 Å². The molecule has 6 nitrogen and oxygen atoms in total. The average molecular weight is 282 g/mol. The third-order valence-electron chi connectivity index (χ3n) is 3.28. The highest BCUT2D eigenvalue weighted by Gasteiger charge is 2.41. The summed E-state index contributed by atoms with van der Waals surface area (Å²) in [6.07, 6.45) is 4.16. The SMILES string of the molecule is CSC1(CNc2cc(C(=O)O)ccc2[N+](=O)[O-])CC1. The maximum Gasteiger partial charge on any atom is 0.335 e. The Bertz CT molecular complexity index is 528. The number of nitro groups is 1. The Kier molecular flexibility index (Phi) is 3.66. The van der Waals surface area contributed by atoms with E-state index >= 15 is 0 Å². The Morgan fingerprint density at radius 1 is 1.58 bits per heavy atom. The zero-order valence-electron chi connectivity index (χ0n) is 10.4. The van der Waals surface area contributed by atoms with Crippen molar-refractivity contribution in [3.05, 3.63) is 33.9 Å². The minimum Gasteiger partial charge on any atom is -0.478 e. The van der Waals surface area contributed by atoms with E-state index in [1.807, 2.05) is 6.26 Å². The fourth-order valence-corrected chi connectivity index (χ4v) is 2.55. The molecule has 0 aromatic heterocycles. The predicted octanol–water partition coefficient (Wildman–Crippen LogP) is 2.60. The molecular formula is C12H14N2O4S. The van der Waals surface area contributed by atoms with Gasteiger partial charge in [0.1, 0.15) is 5.69 Å². The van der Waals surface area contributed by atoms with E-state index in [0.29, 0.717) is 6.54 Å². The monoisotopic (exact) mass is 282 g/mol. The van der Waals surface area contributed by atoms with Crippen LogP contribution >= 0.6 is 11.8 Å². The van der Waals surface area contributed by atoms with Gasteiger partial charge in [-0.3, -0.25) is 10.1 Å².